The van der Waals surface area contributed by atoms with Crippen LogP contribution < -0.4 is 5.32 Å². The van der Waals surface area contributed by atoms with Crippen molar-refractivity contribution in [1.82, 2.24) is 15.1 Å². The predicted octanol–water partition coefficient (Wildman–Crippen LogP) is 3.52. The molecule has 1 aromatic rings. The molecule has 0 spiro atoms. The molecule has 1 aromatic heterocycles. The van der Waals surface area contributed by atoms with Crippen LogP contribution in [0, 0.1) is 18.8 Å². The van der Waals surface area contributed by atoms with Gasteiger partial charge < -0.3 is 5.32 Å². The summed E-state index contributed by atoms with van der Waals surface area (Å²) >= 11 is 0. The highest BCUT2D eigenvalue weighted by Crippen LogP contribution is 2.30. The van der Waals surface area contributed by atoms with Crippen LogP contribution in [0.4, 0.5) is 0 Å². The van der Waals surface area contributed by atoms with E-state index in [1.807, 2.05) is 0 Å². The zero-order chi connectivity index (χ0) is 13.8. The number of hydrogen-bond acceptors (Lipinski definition) is 2. The first-order chi connectivity index (χ1) is 9.11. The lowest BCUT2D eigenvalue weighted by Crippen LogP contribution is -2.40. The second-order valence-electron chi connectivity index (χ2n) is 6.27. The largest absolute Gasteiger partial charge is 0.308 e. The first-order valence-corrected chi connectivity index (χ1v) is 7.88. The van der Waals surface area contributed by atoms with E-state index in [1.165, 1.54) is 31.4 Å². The first-order valence-electron chi connectivity index (χ1n) is 7.88. The third-order valence-corrected chi connectivity index (χ3v) is 4.51. The van der Waals surface area contributed by atoms with Gasteiger partial charge >= 0.3 is 0 Å². The molecule has 108 valence electrons. The molecule has 1 heterocycles. The molecule has 1 N–H and O–H groups in total. The van der Waals surface area contributed by atoms with Crippen LogP contribution >= 0.6 is 0 Å². The van der Waals surface area contributed by atoms with Crippen LogP contribution in [0.3, 0.4) is 0 Å². The van der Waals surface area contributed by atoms with Crippen molar-refractivity contribution in [2.24, 2.45) is 11.8 Å². The quantitative estimate of drug-likeness (QED) is 0.881. The lowest BCUT2D eigenvalue weighted by atomic mass is 9.78. The average molecular weight is 263 g/mol. The molecule has 0 amide bonds. The van der Waals surface area contributed by atoms with Gasteiger partial charge in [-0.1, -0.05) is 26.7 Å². The number of aryl methyl sites for hydroxylation is 2. The zero-order valence-electron chi connectivity index (χ0n) is 12.9. The van der Waals surface area contributed by atoms with Crippen molar-refractivity contribution in [3.63, 3.8) is 0 Å². The van der Waals surface area contributed by atoms with E-state index in [0.717, 1.165) is 30.6 Å². The second kappa shape index (κ2) is 6.56. The molecular weight excluding hydrogens is 234 g/mol. The summed E-state index contributed by atoms with van der Waals surface area (Å²) in [5, 5.41) is 8.32. The van der Waals surface area contributed by atoms with Gasteiger partial charge in [0.15, 0.2) is 0 Å². The van der Waals surface area contributed by atoms with E-state index in [2.05, 4.69) is 48.9 Å². The Kier molecular flexibility index (Phi) is 5.03. The van der Waals surface area contributed by atoms with Crippen molar-refractivity contribution in [1.29, 1.82) is 0 Å². The summed E-state index contributed by atoms with van der Waals surface area (Å²) in [5.41, 5.74) is 2.45. The molecule has 1 saturated carbocycles. The Hall–Kier alpha value is -0.830. The first kappa shape index (κ1) is 14.6. The van der Waals surface area contributed by atoms with Crippen LogP contribution in [0.15, 0.2) is 6.07 Å². The van der Waals surface area contributed by atoms with Gasteiger partial charge in [-0.15, -0.1) is 0 Å². The molecule has 3 nitrogen and oxygen atoms in total. The topological polar surface area (TPSA) is 29.9 Å². The summed E-state index contributed by atoms with van der Waals surface area (Å²) in [6.45, 7) is 10.9. The minimum Gasteiger partial charge on any atom is -0.308 e. The molecule has 3 heteroatoms. The Labute approximate surface area is 117 Å². The normalized spacial score (nSPS) is 24.1. The summed E-state index contributed by atoms with van der Waals surface area (Å²) in [6.07, 6.45) is 5.52. The van der Waals surface area contributed by atoms with E-state index in [0.29, 0.717) is 6.04 Å². The standard InChI is InChI=1S/C16H29N3/c1-5-19-14(10-13(4)18-19)11-17-16-9-7-6-8-15(16)12(2)3/h10,12,15-17H,5-9,11H2,1-4H3. The van der Waals surface area contributed by atoms with E-state index in [1.54, 1.807) is 0 Å². The van der Waals surface area contributed by atoms with Crippen LogP contribution in [-0.4, -0.2) is 15.8 Å². The third kappa shape index (κ3) is 3.59. The molecule has 2 rings (SSSR count). The van der Waals surface area contributed by atoms with Crippen LogP contribution in [0.5, 0.6) is 0 Å². The maximum atomic E-state index is 4.52. The summed E-state index contributed by atoms with van der Waals surface area (Å²) in [5.74, 6) is 1.63. The van der Waals surface area contributed by atoms with Crippen LogP contribution in [-0.2, 0) is 13.1 Å². The molecule has 1 aliphatic carbocycles. The van der Waals surface area contributed by atoms with Crippen molar-refractivity contribution in [3.8, 4) is 0 Å². The SMILES string of the molecule is CCn1nc(C)cc1CNC1CCCCC1C(C)C. The number of nitrogens with zero attached hydrogens (tertiary/aromatic N) is 2. The van der Waals surface area contributed by atoms with Crippen molar-refractivity contribution in [3.05, 3.63) is 17.5 Å². The fourth-order valence-electron chi connectivity index (χ4n) is 3.46. The van der Waals surface area contributed by atoms with Gasteiger partial charge in [-0.2, -0.15) is 5.10 Å². The summed E-state index contributed by atoms with van der Waals surface area (Å²) in [6, 6.07) is 2.90. The Bertz CT molecular complexity index is 395. The van der Waals surface area contributed by atoms with Crippen LogP contribution in [0.1, 0.15) is 57.8 Å². The van der Waals surface area contributed by atoms with Gasteiger partial charge in [0.1, 0.15) is 0 Å². The maximum absolute atomic E-state index is 4.52. The molecule has 1 aliphatic rings. The summed E-state index contributed by atoms with van der Waals surface area (Å²) in [7, 11) is 0. The molecule has 2 unspecified atom stereocenters. The minimum absolute atomic E-state index is 0.689. The third-order valence-electron chi connectivity index (χ3n) is 4.51. The van der Waals surface area contributed by atoms with Crippen LogP contribution in [0.25, 0.3) is 0 Å². The van der Waals surface area contributed by atoms with E-state index in [9.17, 15) is 0 Å². The van der Waals surface area contributed by atoms with Gasteiger partial charge in [-0.05, 0) is 44.6 Å². The molecule has 0 bridgehead atoms. The molecule has 0 aliphatic heterocycles. The Balaban J connectivity index is 1.96. The van der Waals surface area contributed by atoms with Gasteiger partial charge in [0.25, 0.3) is 0 Å². The Morgan fingerprint density at radius 3 is 2.79 bits per heavy atom. The van der Waals surface area contributed by atoms with Gasteiger partial charge in [-0.25, -0.2) is 0 Å². The number of hydrogen-bond donors (Lipinski definition) is 1. The van der Waals surface area contributed by atoms with Crippen molar-refractivity contribution in [2.45, 2.75) is 72.5 Å². The lowest BCUT2D eigenvalue weighted by molar-refractivity contribution is 0.203. The highest BCUT2D eigenvalue weighted by Gasteiger charge is 2.27. The molecule has 19 heavy (non-hydrogen) atoms. The van der Waals surface area contributed by atoms with Gasteiger partial charge in [0.2, 0.25) is 0 Å². The highest BCUT2D eigenvalue weighted by molar-refractivity contribution is 5.09. The highest BCUT2D eigenvalue weighted by atomic mass is 15.3. The van der Waals surface area contributed by atoms with Gasteiger partial charge in [0, 0.05) is 19.1 Å². The van der Waals surface area contributed by atoms with E-state index in [-0.39, 0.29) is 0 Å². The molecular formula is C16H29N3. The Morgan fingerprint density at radius 1 is 1.37 bits per heavy atom. The van der Waals surface area contributed by atoms with Gasteiger partial charge in [-0.3, -0.25) is 4.68 Å². The molecule has 1 fully saturated rings. The van der Waals surface area contributed by atoms with Crippen molar-refractivity contribution >= 4 is 0 Å². The van der Waals surface area contributed by atoms with E-state index < -0.39 is 0 Å². The Morgan fingerprint density at radius 2 is 2.11 bits per heavy atom. The summed E-state index contributed by atoms with van der Waals surface area (Å²) in [4.78, 5) is 0. The average Bonchev–Trinajstić information content (AvgIpc) is 2.77. The van der Waals surface area contributed by atoms with Crippen molar-refractivity contribution < 1.29 is 0 Å². The zero-order valence-corrected chi connectivity index (χ0v) is 12.9. The molecule has 0 saturated heterocycles. The predicted molar refractivity (Wildman–Crippen MR) is 80.1 cm³/mol. The summed E-state index contributed by atoms with van der Waals surface area (Å²) < 4.78 is 2.12. The molecule has 2 atom stereocenters. The lowest BCUT2D eigenvalue weighted by Gasteiger charge is -2.35. The fraction of sp³-hybridized carbons (Fsp3) is 0.812. The van der Waals surface area contributed by atoms with E-state index in [4.69, 9.17) is 0 Å². The number of rotatable bonds is 5. The minimum atomic E-state index is 0.689. The monoisotopic (exact) mass is 263 g/mol. The maximum Gasteiger partial charge on any atom is 0.0597 e. The molecule has 0 radical (unpaired) electrons. The smallest absolute Gasteiger partial charge is 0.0597 e. The second-order valence-corrected chi connectivity index (χ2v) is 6.27. The fourth-order valence-corrected chi connectivity index (χ4v) is 3.46. The van der Waals surface area contributed by atoms with Crippen molar-refractivity contribution in [2.75, 3.05) is 0 Å². The van der Waals surface area contributed by atoms with E-state index >= 15 is 0 Å². The van der Waals surface area contributed by atoms with Gasteiger partial charge in [0.05, 0.1) is 11.4 Å². The molecule has 0 aromatic carbocycles. The number of aromatic nitrogens is 2. The van der Waals surface area contributed by atoms with Crippen LogP contribution in [0.2, 0.25) is 0 Å². The number of nitrogens with one attached hydrogen (secondary N) is 1.